The quantitative estimate of drug-likeness (QED) is 0.577. The number of anilines is 1. The standard InChI is InChI=1S/C12H12N2O5/c15-5-9(12(18)19)14-11(17)7-2-1-6-4-10(16)13-8(6)3-7/h1-3,9,15H,4-5H2,(H,13,16)(H,14,17)(H,18,19)/t9-/m1/s1. The maximum absolute atomic E-state index is 11.8. The van der Waals surface area contributed by atoms with Gasteiger partial charge in [0, 0.05) is 11.3 Å². The second-order valence-corrected chi connectivity index (χ2v) is 4.14. The van der Waals surface area contributed by atoms with Gasteiger partial charge in [-0.05, 0) is 17.7 Å². The predicted molar refractivity (Wildman–Crippen MR) is 64.8 cm³/mol. The molecule has 7 heteroatoms. The normalized spacial score (nSPS) is 14.5. The molecule has 0 radical (unpaired) electrons. The zero-order chi connectivity index (χ0) is 14.0. The lowest BCUT2D eigenvalue weighted by Gasteiger charge is -2.12. The first-order valence-corrected chi connectivity index (χ1v) is 5.58. The molecule has 0 bridgehead atoms. The fourth-order valence-corrected chi connectivity index (χ4v) is 1.78. The van der Waals surface area contributed by atoms with Crippen LogP contribution in [0, 0.1) is 0 Å². The summed E-state index contributed by atoms with van der Waals surface area (Å²) in [7, 11) is 0. The van der Waals surface area contributed by atoms with E-state index in [9.17, 15) is 14.4 Å². The first-order chi connectivity index (χ1) is 9.01. The van der Waals surface area contributed by atoms with Gasteiger partial charge in [-0.3, -0.25) is 9.59 Å². The monoisotopic (exact) mass is 264 g/mol. The molecule has 4 N–H and O–H groups in total. The fraction of sp³-hybridized carbons (Fsp3) is 0.250. The van der Waals surface area contributed by atoms with Gasteiger partial charge in [0.05, 0.1) is 13.0 Å². The smallest absolute Gasteiger partial charge is 0.328 e. The summed E-state index contributed by atoms with van der Waals surface area (Å²) in [6.07, 6.45) is 0.269. The van der Waals surface area contributed by atoms with Gasteiger partial charge < -0.3 is 20.8 Å². The van der Waals surface area contributed by atoms with Crippen molar-refractivity contribution in [1.29, 1.82) is 0 Å². The topological polar surface area (TPSA) is 116 Å². The number of carbonyl (C=O) groups is 3. The SMILES string of the molecule is O=C1Cc2ccc(C(=O)N[C@H](CO)C(=O)O)cc2N1. The van der Waals surface area contributed by atoms with Crippen LogP contribution in [0.25, 0.3) is 0 Å². The highest BCUT2D eigenvalue weighted by molar-refractivity contribution is 6.02. The molecule has 0 saturated carbocycles. The average molecular weight is 264 g/mol. The molecule has 1 aliphatic heterocycles. The molecule has 19 heavy (non-hydrogen) atoms. The molecule has 1 aromatic rings. The number of hydrogen-bond acceptors (Lipinski definition) is 4. The molecule has 0 spiro atoms. The van der Waals surface area contributed by atoms with E-state index in [4.69, 9.17) is 10.2 Å². The molecular formula is C12H12N2O5. The molecule has 0 fully saturated rings. The van der Waals surface area contributed by atoms with E-state index in [1.807, 2.05) is 0 Å². The van der Waals surface area contributed by atoms with E-state index < -0.39 is 24.5 Å². The second kappa shape index (κ2) is 5.07. The van der Waals surface area contributed by atoms with Crippen LogP contribution in [0.2, 0.25) is 0 Å². The Balaban J connectivity index is 2.15. The zero-order valence-electron chi connectivity index (χ0n) is 9.84. The maximum Gasteiger partial charge on any atom is 0.328 e. The molecule has 0 saturated heterocycles. The number of aliphatic carboxylic acids is 1. The molecule has 1 aromatic carbocycles. The van der Waals surface area contributed by atoms with Crippen molar-refractivity contribution in [1.82, 2.24) is 5.32 Å². The van der Waals surface area contributed by atoms with Crippen LogP contribution in [0.1, 0.15) is 15.9 Å². The Bertz CT molecular complexity index is 555. The van der Waals surface area contributed by atoms with Crippen molar-refractivity contribution >= 4 is 23.5 Å². The minimum absolute atomic E-state index is 0.147. The minimum atomic E-state index is -1.35. The predicted octanol–water partition coefficient (Wildman–Crippen LogP) is -0.644. The lowest BCUT2D eigenvalue weighted by Crippen LogP contribution is -2.43. The summed E-state index contributed by atoms with van der Waals surface area (Å²) in [5, 5.41) is 22.3. The second-order valence-electron chi connectivity index (χ2n) is 4.14. The third-order valence-corrected chi connectivity index (χ3v) is 2.78. The molecule has 1 aliphatic rings. The van der Waals surface area contributed by atoms with E-state index in [-0.39, 0.29) is 17.9 Å². The van der Waals surface area contributed by atoms with E-state index >= 15 is 0 Å². The highest BCUT2D eigenvalue weighted by atomic mass is 16.4. The van der Waals surface area contributed by atoms with Crippen molar-refractivity contribution in [3.05, 3.63) is 29.3 Å². The van der Waals surface area contributed by atoms with Gasteiger partial charge in [0.2, 0.25) is 5.91 Å². The minimum Gasteiger partial charge on any atom is -0.480 e. The first kappa shape index (κ1) is 13.0. The van der Waals surface area contributed by atoms with Crippen LogP contribution in [0.5, 0.6) is 0 Å². The Hall–Kier alpha value is -2.41. The molecule has 0 unspecified atom stereocenters. The molecule has 7 nitrogen and oxygen atoms in total. The summed E-state index contributed by atoms with van der Waals surface area (Å²) in [6, 6.07) is 3.27. The van der Waals surface area contributed by atoms with Gasteiger partial charge in [-0.1, -0.05) is 6.07 Å². The van der Waals surface area contributed by atoms with Gasteiger partial charge in [-0.2, -0.15) is 0 Å². The zero-order valence-corrected chi connectivity index (χ0v) is 9.84. The lowest BCUT2D eigenvalue weighted by atomic mass is 10.1. The van der Waals surface area contributed by atoms with Crippen molar-refractivity contribution < 1.29 is 24.6 Å². The average Bonchev–Trinajstić information content (AvgIpc) is 2.74. The van der Waals surface area contributed by atoms with E-state index in [0.29, 0.717) is 5.69 Å². The molecule has 2 rings (SSSR count). The van der Waals surface area contributed by atoms with Gasteiger partial charge in [-0.15, -0.1) is 0 Å². The van der Waals surface area contributed by atoms with Crippen LogP contribution >= 0.6 is 0 Å². The van der Waals surface area contributed by atoms with Crippen molar-refractivity contribution in [2.75, 3.05) is 11.9 Å². The molecule has 0 aromatic heterocycles. The Kier molecular flexibility index (Phi) is 3.48. The van der Waals surface area contributed by atoms with Crippen molar-refractivity contribution in [2.45, 2.75) is 12.5 Å². The number of carbonyl (C=O) groups excluding carboxylic acids is 2. The largest absolute Gasteiger partial charge is 0.480 e. The number of aliphatic hydroxyl groups excluding tert-OH is 1. The van der Waals surface area contributed by atoms with Gasteiger partial charge in [-0.25, -0.2) is 4.79 Å². The number of nitrogens with one attached hydrogen (secondary N) is 2. The highest BCUT2D eigenvalue weighted by Gasteiger charge is 2.22. The molecule has 100 valence electrons. The van der Waals surface area contributed by atoms with Crippen LogP contribution < -0.4 is 10.6 Å². The summed E-state index contributed by atoms with van der Waals surface area (Å²) in [5.74, 6) is -2.08. The number of amides is 2. The summed E-state index contributed by atoms with van der Waals surface area (Å²) in [6.45, 7) is -0.692. The highest BCUT2D eigenvalue weighted by Crippen LogP contribution is 2.23. The molecule has 2 amide bonds. The Morgan fingerprint density at radius 3 is 2.79 bits per heavy atom. The van der Waals surface area contributed by atoms with Crippen molar-refractivity contribution in [2.24, 2.45) is 0 Å². The van der Waals surface area contributed by atoms with Crippen LogP contribution in [0.15, 0.2) is 18.2 Å². The lowest BCUT2D eigenvalue weighted by molar-refractivity contribution is -0.140. The van der Waals surface area contributed by atoms with Gasteiger partial charge in [0.25, 0.3) is 5.91 Å². The molecule has 1 atom stereocenters. The first-order valence-electron chi connectivity index (χ1n) is 5.58. The third kappa shape index (κ3) is 2.71. The third-order valence-electron chi connectivity index (χ3n) is 2.78. The van der Waals surface area contributed by atoms with Gasteiger partial charge in [0.1, 0.15) is 0 Å². The van der Waals surface area contributed by atoms with Crippen molar-refractivity contribution in [3.63, 3.8) is 0 Å². The summed E-state index contributed by atoms with van der Waals surface area (Å²) < 4.78 is 0. The van der Waals surface area contributed by atoms with E-state index in [0.717, 1.165) is 5.56 Å². The number of carboxylic acid groups (broad SMARTS) is 1. The Morgan fingerprint density at radius 2 is 2.16 bits per heavy atom. The van der Waals surface area contributed by atoms with Gasteiger partial charge in [0.15, 0.2) is 6.04 Å². The number of benzene rings is 1. The summed E-state index contributed by atoms with van der Waals surface area (Å²) in [5.41, 5.74) is 1.56. The van der Waals surface area contributed by atoms with Crippen LogP contribution in [-0.2, 0) is 16.0 Å². The van der Waals surface area contributed by atoms with Gasteiger partial charge >= 0.3 is 5.97 Å². The molecular weight excluding hydrogens is 252 g/mol. The number of aliphatic hydroxyl groups is 1. The number of rotatable bonds is 4. The molecule has 1 heterocycles. The number of hydrogen-bond donors (Lipinski definition) is 4. The number of carboxylic acids is 1. The van der Waals surface area contributed by atoms with E-state index in [1.165, 1.54) is 12.1 Å². The fourth-order valence-electron chi connectivity index (χ4n) is 1.78. The van der Waals surface area contributed by atoms with E-state index in [1.54, 1.807) is 6.07 Å². The maximum atomic E-state index is 11.8. The van der Waals surface area contributed by atoms with Crippen molar-refractivity contribution in [3.8, 4) is 0 Å². The number of fused-ring (bicyclic) bond motifs is 1. The summed E-state index contributed by atoms with van der Waals surface area (Å²) in [4.78, 5) is 33.7. The van der Waals surface area contributed by atoms with Crippen LogP contribution in [-0.4, -0.2) is 40.6 Å². The Morgan fingerprint density at radius 1 is 1.42 bits per heavy atom. The Labute approximate surface area is 108 Å². The van der Waals surface area contributed by atoms with E-state index in [2.05, 4.69) is 10.6 Å². The van der Waals surface area contributed by atoms with Crippen LogP contribution in [0.4, 0.5) is 5.69 Å². The summed E-state index contributed by atoms with van der Waals surface area (Å²) >= 11 is 0. The molecule has 0 aliphatic carbocycles. The van der Waals surface area contributed by atoms with Crippen LogP contribution in [0.3, 0.4) is 0 Å².